The number of benzene rings is 1. The summed E-state index contributed by atoms with van der Waals surface area (Å²) >= 11 is 0. The Hall–Kier alpha value is -1.41. The molecule has 1 aliphatic rings. The predicted molar refractivity (Wildman–Crippen MR) is 84.7 cm³/mol. The summed E-state index contributed by atoms with van der Waals surface area (Å²) in [5.41, 5.74) is 7.85. The van der Waals surface area contributed by atoms with Crippen LogP contribution in [-0.2, 0) is 0 Å². The van der Waals surface area contributed by atoms with Crippen molar-refractivity contribution >= 4 is 10.8 Å². The van der Waals surface area contributed by atoms with Crippen molar-refractivity contribution in [2.24, 2.45) is 17.1 Å². The van der Waals surface area contributed by atoms with Crippen molar-refractivity contribution in [3.8, 4) is 0 Å². The van der Waals surface area contributed by atoms with Crippen LogP contribution in [0.2, 0.25) is 0 Å². The standard InChI is InChI=1S/C18H24N2/c1-18(2)8-7-13(10-19)16(9-18)17-12-20-11-14-5-3-4-6-15(14)17/h3-6,11-13,16H,7-10,19H2,1-2H3. The van der Waals surface area contributed by atoms with Gasteiger partial charge >= 0.3 is 0 Å². The monoisotopic (exact) mass is 268 g/mol. The van der Waals surface area contributed by atoms with E-state index < -0.39 is 0 Å². The maximum atomic E-state index is 6.04. The number of hydrogen-bond acceptors (Lipinski definition) is 2. The maximum Gasteiger partial charge on any atom is 0.0346 e. The van der Waals surface area contributed by atoms with Crippen molar-refractivity contribution in [2.45, 2.75) is 39.0 Å². The Morgan fingerprint density at radius 2 is 2.05 bits per heavy atom. The molecule has 20 heavy (non-hydrogen) atoms. The first-order chi connectivity index (χ1) is 9.61. The summed E-state index contributed by atoms with van der Waals surface area (Å²) in [5.74, 6) is 1.14. The molecule has 0 saturated heterocycles. The summed E-state index contributed by atoms with van der Waals surface area (Å²) in [6.45, 7) is 5.54. The molecule has 0 amide bonds. The van der Waals surface area contributed by atoms with Crippen molar-refractivity contribution in [1.82, 2.24) is 4.98 Å². The molecule has 0 bridgehead atoms. The molecule has 1 aliphatic carbocycles. The van der Waals surface area contributed by atoms with Gasteiger partial charge < -0.3 is 5.73 Å². The van der Waals surface area contributed by atoms with E-state index in [-0.39, 0.29) is 0 Å². The average Bonchev–Trinajstić information content (AvgIpc) is 2.46. The van der Waals surface area contributed by atoms with Gasteiger partial charge in [-0.05, 0) is 54.0 Å². The van der Waals surface area contributed by atoms with Gasteiger partial charge in [0.1, 0.15) is 0 Å². The number of pyridine rings is 1. The van der Waals surface area contributed by atoms with E-state index in [0.29, 0.717) is 17.3 Å². The predicted octanol–water partition coefficient (Wildman–Crippen LogP) is 4.10. The SMILES string of the molecule is CC1(C)CCC(CN)C(c2cncc3ccccc23)C1. The van der Waals surface area contributed by atoms with Crippen LogP contribution in [0.5, 0.6) is 0 Å². The molecule has 3 rings (SSSR count). The van der Waals surface area contributed by atoms with Crippen molar-refractivity contribution < 1.29 is 0 Å². The van der Waals surface area contributed by atoms with E-state index in [2.05, 4.69) is 49.3 Å². The minimum atomic E-state index is 0.410. The second-order valence-electron chi connectivity index (χ2n) is 6.96. The van der Waals surface area contributed by atoms with Crippen molar-refractivity contribution in [1.29, 1.82) is 0 Å². The van der Waals surface area contributed by atoms with Crippen molar-refractivity contribution in [2.75, 3.05) is 6.54 Å². The first-order valence-corrected chi connectivity index (χ1v) is 7.63. The third-order valence-electron chi connectivity index (χ3n) is 4.93. The van der Waals surface area contributed by atoms with Crippen LogP contribution in [0.1, 0.15) is 44.6 Å². The average molecular weight is 268 g/mol. The molecule has 1 saturated carbocycles. The molecule has 2 nitrogen and oxygen atoms in total. The quantitative estimate of drug-likeness (QED) is 0.890. The van der Waals surface area contributed by atoms with Gasteiger partial charge in [-0.1, -0.05) is 38.1 Å². The Bertz CT molecular complexity index is 598. The van der Waals surface area contributed by atoms with Crippen LogP contribution < -0.4 is 5.73 Å². The Morgan fingerprint density at radius 1 is 1.25 bits per heavy atom. The van der Waals surface area contributed by atoms with Crippen LogP contribution in [0.15, 0.2) is 36.7 Å². The molecule has 106 valence electrons. The van der Waals surface area contributed by atoms with Gasteiger partial charge in [-0.15, -0.1) is 0 Å². The summed E-state index contributed by atoms with van der Waals surface area (Å²) in [7, 11) is 0. The maximum absolute atomic E-state index is 6.04. The van der Waals surface area contributed by atoms with E-state index in [1.54, 1.807) is 0 Å². The molecule has 2 unspecified atom stereocenters. The van der Waals surface area contributed by atoms with E-state index in [9.17, 15) is 0 Å². The van der Waals surface area contributed by atoms with E-state index in [1.807, 2.05) is 6.20 Å². The molecule has 1 aromatic heterocycles. The van der Waals surface area contributed by atoms with Crippen LogP contribution in [-0.4, -0.2) is 11.5 Å². The minimum Gasteiger partial charge on any atom is -0.330 e. The second-order valence-corrected chi connectivity index (χ2v) is 6.96. The largest absolute Gasteiger partial charge is 0.330 e. The highest BCUT2D eigenvalue weighted by Gasteiger charge is 2.35. The summed E-state index contributed by atoms with van der Waals surface area (Å²) < 4.78 is 0. The molecule has 2 heteroatoms. The zero-order valence-electron chi connectivity index (χ0n) is 12.5. The van der Waals surface area contributed by atoms with Crippen molar-refractivity contribution in [3.05, 3.63) is 42.2 Å². The van der Waals surface area contributed by atoms with Crippen molar-refractivity contribution in [3.63, 3.8) is 0 Å². The van der Waals surface area contributed by atoms with Gasteiger partial charge in [-0.2, -0.15) is 0 Å². The van der Waals surface area contributed by atoms with E-state index in [1.165, 1.54) is 35.6 Å². The lowest BCUT2D eigenvalue weighted by atomic mass is 9.65. The third kappa shape index (κ3) is 2.45. The van der Waals surface area contributed by atoms with Gasteiger partial charge in [-0.25, -0.2) is 0 Å². The molecule has 1 heterocycles. The molecule has 0 radical (unpaired) electrons. The Labute approximate surface area is 121 Å². The molecule has 0 spiro atoms. The Balaban J connectivity index is 2.07. The zero-order valence-corrected chi connectivity index (χ0v) is 12.5. The zero-order chi connectivity index (χ0) is 14.2. The highest BCUT2D eigenvalue weighted by atomic mass is 14.6. The highest BCUT2D eigenvalue weighted by Crippen LogP contribution is 2.47. The number of hydrogen-bond donors (Lipinski definition) is 1. The van der Waals surface area contributed by atoms with Crippen LogP contribution in [0.4, 0.5) is 0 Å². The fourth-order valence-electron chi connectivity index (χ4n) is 3.72. The summed E-state index contributed by atoms with van der Waals surface area (Å²) in [6, 6.07) is 8.58. The summed E-state index contributed by atoms with van der Waals surface area (Å²) in [6.07, 6.45) is 7.76. The van der Waals surface area contributed by atoms with Gasteiger partial charge in [0.2, 0.25) is 0 Å². The van der Waals surface area contributed by atoms with Gasteiger partial charge in [0.15, 0.2) is 0 Å². The van der Waals surface area contributed by atoms with Gasteiger partial charge in [0, 0.05) is 17.8 Å². The Morgan fingerprint density at radius 3 is 2.85 bits per heavy atom. The van der Waals surface area contributed by atoms with E-state index in [0.717, 1.165) is 6.54 Å². The number of nitrogens with zero attached hydrogens (tertiary/aromatic N) is 1. The first kappa shape index (κ1) is 13.6. The van der Waals surface area contributed by atoms with Gasteiger partial charge in [-0.3, -0.25) is 4.98 Å². The fraction of sp³-hybridized carbons (Fsp3) is 0.500. The third-order valence-corrected chi connectivity index (χ3v) is 4.93. The van der Waals surface area contributed by atoms with Crippen LogP contribution in [0, 0.1) is 11.3 Å². The number of nitrogens with two attached hydrogens (primary N) is 1. The van der Waals surface area contributed by atoms with Crippen LogP contribution >= 0.6 is 0 Å². The number of fused-ring (bicyclic) bond motifs is 1. The summed E-state index contributed by atoms with van der Waals surface area (Å²) in [4.78, 5) is 4.46. The Kier molecular flexibility index (Phi) is 3.51. The second kappa shape index (κ2) is 5.17. The lowest BCUT2D eigenvalue weighted by Crippen LogP contribution is -2.32. The normalized spacial score (nSPS) is 25.8. The first-order valence-electron chi connectivity index (χ1n) is 7.63. The molecule has 2 N–H and O–H groups in total. The van der Waals surface area contributed by atoms with Gasteiger partial charge in [0.05, 0.1) is 0 Å². The van der Waals surface area contributed by atoms with E-state index >= 15 is 0 Å². The fourth-order valence-corrected chi connectivity index (χ4v) is 3.72. The lowest BCUT2D eigenvalue weighted by Gasteiger charge is -2.41. The number of aromatic nitrogens is 1. The molecular formula is C18H24N2. The molecule has 1 aromatic carbocycles. The van der Waals surface area contributed by atoms with Crippen LogP contribution in [0.3, 0.4) is 0 Å². The highest BCUT2D eigenvalue weighted by molar-refractivity contribution is 5.85. The summed E-state index contributed by atoms with van der Waals surface area (Å²) in [5, 5.41) is 2.59. The van der Waals surface area contributed by atoms with E-state index in [4.69, 9.17) is 5.73 Å². The molecule has 1 fully saturated rings. The molecule has 2 atom stereocenters. The molecule has 0 aliphatic heterocycles. The number of rotatable bonds is 2. The van der Waals surface area contributed by atoms with Crippen LogP contribution in [0.25, 0.3) is 10.8 Å². The molecule has 2 aromatic rings. The van der Waals surface area contributed by atoms with Gasteiger partial charge in [0.25, 0.3) is 0 Å². The smallest absolute Gasteiger partial charge is 0.0346 e. The molecular weight excluding hydrogens is 244 g/mol. The lowest BCUT2D eigenvalue weighted by molar-refractivity contribution is 0.166. The minimum absolute atomic E-state index is 0.410. The topological polar surface area (TPSA) is 38.9 Å².